The quantitative estimate of drug-likeness (QED) is 0.345. The molecule has 0 aliphatic carbocycles. The molecule has 0 spiro atoms. The molecule has 0 atom stereocenters. The zero-order chi connectivity index (χ0) is 8.69. The fourth-order valence-electron chi connectivity index (χ4n) is 0.724. The Balaban J connectivity index is 4.26. The van der Waals surface area contributed by atoms with Gasteiger partial charge in [0.05, 0.1) is 12.8 Å². The van der Waals surface area contributed by atoms with E-state index >= 15 is 0 Å². The molecule has 0 aliphatic heterocycles. The van der Waals surface area contributed by atoms with Crippen LogP contribution in [0.4, 0.5) is 0 Å². The molecule has 0 N–H and O–H groups in total. The first-order chi connectivity index (χ1) is 5.26. The minimum atomic E-state index is 0.678. The smallest absolute Gasteiger partial charge is 0.139 e. The van der Waals surface area contributed by atoms with Gasteiger partial charge in [0.15, 0.2) is 0 Å². The van der Waals surface area contributed by atoms with Gasteiger partial charge in [-0.3, -0.25) is 4.99 Å². The fourth-order valence-corrected chi connectivity index (χ4v) is 0.724. The van der Waals surface area contributed by atoms with Gasteiger partial charge in [-0.15, -0.1) is 0 Å². The lowest BCUT2D eigenvalue weighted by Gasteiger charge is -2.03. The van der Waals surface area contributed by atoms with Crippen LogP contribution in [0.2, 0.25) is 0 Å². The van der Waals surface area contributed by atoms with Crippen molar-refractivity contribution in [1.29, 1.82) is 0 Å². The molecule has 0 aromatic heterocycles. The Morgan fingerprint density at radius 1 is 1.64 bits per heavy atom. The molecule has 0 unspecified atom stereocenters. The maximum absolute atomic E-state index is 5.05. The van der Waals surface area contributed by atoms with Gasteiger partial charge in [0, 0.05) is 6.21 Å². The molecule has 11 heavy (non-hydrogen) atoms. The maximum atomic E-state index is 5.05. The third-order valence-corrected chi connectivity index (χ3v) is 1.18. The minimum absolute atomic E-state index is 0.678. The number of nitrogens with zero attached hydrogens (tertiary/aromatic N) is 1. The van der Waals surface area contributed by atoms with E-state index < -0.39 is 0 Å². The SMILES string of the molecule is C=C(/N=C\C)/C(=C\CC)OC. The average molecular weight is 153 g/mol. The molecule has 0 aliphatic rings. The van der Waals surface area contributed by atoms with Crippen molar-refractivity contribution in [3.05, 3.63) is 24.1 Å². The summed E-state index contributed by atoms with van der Waals surface area (Å²) in [6, 6.07) is 0. The molecule has 2 nitrogen and oxygen atoms in total. The third kappa shape index (κ3) is 3.61. The zero-order valence-corrected chi connectivity index (χ0v) is 7.42. The number of allylic oxidation sites excluding steroid dienone is 1. The molecule has 0 fully saturated rings. The molecule has 0 aromatic rings. The van der Waals surface area contributed by atoms with Crippen LogP contribution in [0.5, 0.6) is 0 Å². The van der Waals surface area contributed by atoms with Gasteiger partial charge in [0.1, 0.15) is 5.76 Å². The van der Waals surface area contributed by atoms with Gasteiger partial charge in [0.2, 0.25) is 0 Å². The second kappa shape index (κ2) is 5.71. The molecule has 62 valence electrons. The van der Waals surface area contributed by atoms with E-state index in [2.05, 4.69) is 11.6 Å². The molecule has 0 amide bonds. The van der Waals surface area contributed by atoms with E-state index in [0.717, 1.165) is 12.2 Å². The second-order valence-corrected chi connectivity index (χ2v) is 2.01. The van der Waals surface area contributed by atoms with Crippen molar-refractivity contribution in [1.82, 2.24) is 0 Å². The van der Waals surface area contributed by atoms with E-state index in [-0.39, 0.29) is 0 Å². The number of methoxy groups -OCH3 is 1. The molecule has 0 aromatic carbocycles. The van der Waals surface area contributed by atoms with E-state index in [9.17, 15) is 0 Å². The topological polar surface area (TPSA) is 21.6 Å². The summed E-state index contributed by atoms with van der Waals surface area (Å²) in [6.07, 6.45) is 4.58. The number of ether oxygens (including phenoxy) is 1. The summed E-state index contributed by atoms with van der Waals surface area (Å²) in [5, 5.41) is 0. The Kier molecular flexibility index (Phi) is 5.17. The first kappa shape index (κ1) is 9.95. The highest BCUT2D eigenvalue weighted by Gasteiger charge is 1.96. The summed E-state index contributed by atoms with van der Waals surface area (Å²) in [5.41, 5.74) is 0.678. The van der Waals surface area contributed by atoms with Crippen LogP contribution in [0.3, 0.4) is 0 Å². The average Bonchev–Trinajstić information content (AvgIpc) is 2.00. The van der Waals surface area contributed by atoms with Crippen molar-refractivity contribution in [3.8, 4) is 0 Å². The van der Waals surface area contributed by atoms with Crippen LogP contribution >= 0.6 is 0 Å². The van der Waals surface area contributed by atoms with Crippen molar-refractivity contribution in [2.75, 3.05) is 7.11 Å². The van der Waals surface area contributed by atoms with E-state index in [4.69, 9.17) is 4.74 Å². The van der Waals surface area contributed by atoms with Crippen molar-refractivity contribution in [2.24, 2.45) is 4.99 Å². The van der Waals surface area contributed by atoms with Crippen LogP contribution in [0, 0.1) is 0 Å². The number of aliphatic imine (C=N–C) groups is 1. The normalized spacial score (nSPS) is 12.1. The highest BCUT2D eigenvalue weighted by Crippen LogP contribution is 2.09. The van der Waals surface area contributed by atoms with Crippen molar-refractivity contribution >= 4 is 6.21 Å². The number of hydrogen-bond acceptors (Lipinski definition) is 2. The molecular formula is C9H15NO. The van der Waals surface area contributed by atoms with Gasteiger partial charge in [-0.05, 0) is 19.4 Å². The van der Waals surface area contributed by atoms with Crippen LogP contribution in [0.1, 0.15) is 20.3 Å². The van der Waals surface area contributed by atoms with Gasteiger partial charge in [-0.25, -0.2) is 0 Å². The Hall–Kier alpha value is -1.05. The largest absolute Gasteiger partial charge is 0.495 e. The number of rotatable bonds is 4. The number of hydrogen-bond donors (Lipinski definition) is 0. The second-order valence-electron chi connectivity index (χ2n) is 2.01. The first-order valence-corrected chi connectivity index (χ1v) is 3.68. The van der Waals surface area contributed by atoms with Crippen LogP contribution in [-0.2, 0) is 4.74 Å². The summed E-state index contributed by atoms with van der Waals surface area (Å²) in [7, 11) is 1.62. The van der Waals surface area contributed by atoms with Gasteiger partial charge in [0.25, 0.3) is 0 Å². The third-order valence-electron chi connectivity index (χ3n) is 1.18. The molecule has 0 bridgehead atoms. The van der Waals surface area contributed by atoms with Crippen LogP contribution in [0.15, 0.2) is 29.1 Å². The zero-order valence-electron chi connectivity index (χ0n) is 7.42. The molecule has 0 saturated carbocycles. The summed E-state index contributed by atoms with van der Waals surface area (Å²) < 4.78 is 5.05. The van der Waals surface area contributed by atoms with Crippen LogP contribution in [-0.4, -0.2) is 13.3 Å². The molecule has 0 radical (unpaired) electrons. The lowest BCUT2D eigenvalue weighted by atomic mass is 10.3. The molecule has 0 saturated heterocycles. The Bertz CT molecular complexity index is 180. The van der Waals surface area contributed by atoms with Crippen LogP contribution < -0.4 is 0 Å². The van der Waals surface area contributed by atoms with E-state index in [1.165, 1.54) is 0 Å². The maximum Gasteiger partial charge on any atom is 0.139 e. The highest BCUT2D eigenvalue weighted by atomic mass is 16.5. The Labute approximate surface area is 68.3 Å². The molecule has 0 heterocycles. The summed E-state index contributed by atoms with van der Waals surface area (Å²) in [6.45, 7) is 7.64. The molecule has 2 heteroatoms. The fraction of sp³-hybridized carbons (Fsp3) is 0.444. The standard InChI is InChI=1S/C9H15NO/c1-5-7-9(11-4)8(3)10-6-2/h6-7H,3,5H2,1-2,4H3/b9-7+,10-6-. The molecule has 0 rings (SSSR count). The predicted octanol–water partition coefficient (Wildman–Crippen LogP) is 2.53. The Morgan fingerprint density at radius 3 is 2.64 bits per heavy atom. The predicted molar refractivity (Wildman–Crippen MR) is 48.7 cm³/mol. The van der Waals surface area contributed by atoms with Gasteiger partial charge in [-0.1, -0.05) is 13.5 Å². The summed E-state index contributed by atoms with van der Waals surface area (Å²) in [4.78, 5) is 4.00. The van der Waals surface area contributed by atoms with Crippen molar-refractivity contribution in [3.63, 3.8) is 0 Å². The van der Waals surface area contributed by atoms with E-state index in [0.29, 0.717) is 5.70 Å². The van der Waals surface area contributed by atoms with Gasteiger partial charge < -0.3 is 4.74 Å². The minimum Gasteiger partial charge on any atom is -0.495 e. The van der Waals surface area contributed by atoms with Crippen LogP contribution in [0.25, 0.3) is 0 Å². The first-order valence-electron chi connectivity index (χ1n) is 3.68. The van der Waals surface area contributed by atoms with E-state index in [1.807, 2.05) is 19.9 Å². The highest BCUT2D eigenvalue weighted by molar-refractivity contribution is 5.56. The van der Waals surface area contributed by atoms with Crippen molar-refractivity contribution in [2.45, 2.75) is 20.3 Å². The lowest BCUT2D eigenvalue weighted by molar-refractivity contribution is 0.299. The summed E-state index contributed by atoms with van der Waals surface area (Å²) >= 11 is 0. The van der Waals surface area contributed by atoms with Gasteiger partial charge >= 0.3 is 0 Å². The van der Waals surface area contributed by atoms with E-state index in [1.54, 1.807) is 13.3 Å². The Morgan fingerprint density at radius 2 is 2.27 bits per heavy atom. The lowest BCUT2D eigenvalue weighted by Crippen LogP contribution is -1.88. The molecular weight excluding hydrogens is 138 g/mol. The van der Waals surface area contributed by atoms with Crippen molar-refractivity contribution < 1.29 is 4.74 Å². The summed E-state index contributed by atoms with van der Waals surface area (Å²) in [5.74, 6) is 0.755. The van der Waals surface area contributed by atoms with Gasteiger partial charge in [-0.2, -0.15) is 0 Å². The monoisotopic (exact) mass is 153 g/mol.